The molecule has 1 rings (SSSR count). The van der Waals surface area contributed by atoms with Gasteiger partial charge in [-0.25, -0.2) is 0 Å². The van der Waals surface area contributed by atoms with Gasteiger partial charge in [-0.05, 0) is 39.3 Å². The Balaban J connectivity index is 2.17. The number of carboxylic acid groups (broad SMARTS) is 1. The van der Waals surface area contributed by atoms with E-state index < -0.39 is 5.97 Å². The second kappa shape index (κ2) is 6.86. The lowest BCUT2D eigenvalue weighted by atomic mass is 9.91. The van der Waals surface area contributed by atoms with E-state index in [1.165, 1.54) is 6.42 Å². The first-order valence-electron chi connectivity index (χ1n) is 6.21. The van der Waals surface area contributed by atoms with Gasteiger partial charge in [0.25, 0.3) is 0 Å². The van der Waals surface area contributed by atoms with Crippen LogP contribution in [0.2, 0.25) is 0 Å². The molecular weight excluding hydrogens is 206 g/mol. The average Bonchev–Trinajstić information content (AvgIpc) is 2.24. The summed E-state index contributed by atoms with van der Waals surface area (Å²) in [5, 5.41) is 18.4. The normalized spacial score (nSPS) is 25.9. The van der Waals surface area contributed by atoms with Crippen LogP contribution >= 0.6 is 0 Å². The van der Waals surface area contributed by atoms with Crippen molar-refractivity contribution in [2.75, 3.05) is 13.6 Å². The zero-order chi connectivity index (χ0) is 12.0. The highest BCUT2D eigenvalue weighted by Crippen LogP contribution is 2.22. The van der Waals surface area contributed by atoms with Crippen molar-refractivity contribution in [1.82, 2.24) is 4.90 Å². The third-order valence-corrected chi connectivity index (χ3v) is 3.41. The number of nitrogens with zero attached hydrogens (tertiary/aromatic N) is 1. The van der Waals surface area contributed by atoms with Gasteiger partial charge < -0.3 is 15.1 Å². The summed E-state index contributed by atoms with van der Waals surface area (Å²) in [7, 11) is 2.03. The molecule has 2 atom stereocenters. The molecule has 0 spiro atoms. The SMILES string of the molecule is CN(CCCCC(=O)O)C1CCCCC1O. The van der Waals surface area contributed by atoms with Crippen molar-refractivity contribution in [3.8, 4) is 0 Å². The topological polar surface area (TPSA) is 60.8 Å². The molecule has 4 nitrogen and oxygen atoms in total. The first-order valence-corrected chi connectivity index (χ1v) is 6.21. The van der Waals surface area contributed by atoms with Crippen molar-refractivity contribution < 1.29 is 15.0 Å². The van der Waals surface area contributed by atoms with E-state index in [0.717, 1.165) is 38.6 Å². The molecule has 0 amide bonds. The number of aliphatic carboxylic acids is 1. The molecule has 94 valence electrons. The molecule has 0 heterocycles. The van der Waals surface area contributed by atoms with E-state index in [1.807, 2.05) is 7.05 Å². The fourth-order valence-electron chi connectivity index (χ4n) is 2.41. The zero-order valence-corrected chi connectivity index (χ0v) is 10.1. The molecule has 0 saturated heterocycles. The van der Waals surface area contributed by atoms with Gasteiger partial charge in [0, 0.05) is 12.5 Å². The third kappa shape index (κ3) is 4.49. The molecule has 2 unspecified atom stereocenters. The minimum Gasteiger partial charge on any atom is -0.481 e. The molecule has 0 aromatic rings. The van der Waals surface area contributed by atoms with Crippen LogP contribution in [0.5, 0.6) is 0 Å². The number of carboxylic acids is 1. The van der Waals surface area contributed by atoms with Gasteiger partial charge in [-0.3, -0.25) is 4.79 Å². The summed E-state index contributed by atoms with van der Waals surface area (Å²) < 4.78 is 0. The van der Waals surface area contributed by atoms with Gasteiger partial charge in [0.2, 0.25) is 0 Å². The second-order valence-electron chi connectivity index (χ2n) is 4.75. The van der Waals surface area contributed by atoms with Crippen molar-refractivity contribution in [2.45, 2.75) is 57.1 Å². The molecule has 16 heavy (non-hydrogen) atoms. The number of hydrogen-bond acceptors (Lipinski definition) is 3. The summed E-state index contributed by atoms with van der Waals surface area (Å²) in [6, 6.07) is 0.276. The van der Waals surface area contributed by atoms with E-state index in [4.69, 9.17) is 5.11 Å². The predicted octanol–water partition coefficient (Wildman–Crippen LogP) is 1.48. The molecule has 2 N–H and O–H groups in total. The summed E-state index contributed by atoms with van der Waals surface area (Å²) >= 11 is 0. The maximum absolute atomic E-state index is 10.3. The molecule has 1 aliphatic rings. The van der Waals surface area contributed by atoms with Crippen LogP contribution in [0.15, 0.2) is 0 Å². The summed E-state index contributed by atoms with van der Waals surface area (Å²) in [5.74, 6) is -0.722. The Morgan fingerprint density at radius 2 is 2.00 bits per heavy atom. The van der Waals surface area contributed by atoms with E-state index in [2.05, 4.69) is 4.90 Å². The molecule has 0 radical (unpaired) electrons. The fraction of sp³-hybridized carbons (Fsp3) is 0.917. The predicted molar refractivity (Wildman–Crippen MR) is 62.4 cm³/mol. The lowest BCUT2D eigenvalue weighted by Gasteiger charge is -2.35. The number of hydrogen-bond donors (Lipinski definition) is 2. The van der Waals surface area contributed by atoms with E-state index >= 15 is 0 Å². The molecule has 4 heteroatoms. The first kappa shape index (κ1) is 13.5. The Kier molecular flexibility index (Phi) is 5.77. The molecule has 1 fully saturated rings. The number of unbranched alkanes of at least 4 members (excludes halogenated alkanes) is 1. The van der Waals surface area contributed by atoms with Gasteiger partial charge in [0.1, 0.15) is 0 Å². The van der Waals surface area contributed by atoms with Crippen LogP contribution in [-0.2, 0) is 4.79 Å². The molecule has 0 aliphatic heterocycles. The largest absolute Gasteiger partial charge is 0.481 e. The van der Waals surface area contributed by atoms with E-state index in [0.29, 0.717) is 0 Å². The molecule has 0 bridgehead atoms. The van der Waals surface area contributed by atoms with Crippen LogP contribution in [0, 0.1) is 0 Å². The van der Waals surface area contributed by atoms with Crippen LogP contribution in [-0.4, -0.2) is 46.8 Å². The second-order valence-corrected chi connectivity index (χ2v) is 4.75. The van der Waals surface area contributed by atoms with Crippen molar-refractivity contribution >= 4 is 5.97 Å². The minimum atomic E-state index is -0.722. The fourth-order valence-corrected chi connectivity index (χ4v) is 2.41. The highest BCUT2D eigenvalue weighted by Gasteiger charge is 2.25. The van der Waals surface area contributed by atoms with Crippen molar-refractivity contribution in [1.29, 1.82) is 0 Å². The highest BCUT2D eigenvalue weighted by molar-refractivity contribution is 5.66. The first-order chi connectivity index (χ1) is 7.61. The van der Waals surface area contributed by atoms with E-state index in [1.54, 1.807) is 0 Å². The van der Waals surface area contributed by atoms with Crippen molar-refractivity contribution in [3.05, 3.63) is 0 Å². The highest BCUT2D eigenvalue weighted by atomic mass is 16.4. The van der Waals surface area contributed by atoms with Crippen LogP contribution in [0.1, 0.15) is 44.9 Å². The quantitative estimate of drug-likeness (QED) is 0.677. The Morgan fingerprint density at radius 1 is 1.31 bits per heavy atom. The maximum Gasteiger partial charge on any atom is 0.303 e. The zero-order valence-electron chi connectivity index (χ0n) is 10.1. The standard InChI is InChI=1S/C12H23NO3/c1-13(9-5-4-8-12(15)16)10-6-2-3-7-11(10)14/h10-11,14H,2-9H2,1H3,(H,15,16). The van der Waals surface area contributed by atoms with Crippen LogP contribution in [0.4, 0.5) is 0 Å². The molecule has 1 saturated carbocycles. The minimum absolute atomic E-state index is 0.196. The van der Waals surface area contributed by atoms with Crippen molar-refractivity contribution in [2.24, 2.45) is 0 Å². The Morgan fingerprint density at radius 3 is 2.62 bits per heavy atom. The monoisotopic (exact) mass is 229 g/mol. The number of carbonyl (C=O) groups is 1. The molecule has 0 aromatic heterocycles. The lowest BCUT2D eigenvalue weighted by Crippen LogP contribution is -2.43. The molecule has 1 aliphatic carbocycles. The molecular formula is C12H23NO3. The van der Waals surface area contributed by atoms with Crippen LogP contribution in [0.25, 0.3) is 0 Å². The van der Waals surface area contributed by atoms with Gasteiger partial charge in [-0.1, -0.05) is 12.8 Å². The molecule has 0 aromatic carbocycles. The Labute approximate surface area is 97.3 Å². The van der Waals surface area contributed by atoms with Gasteiger partial charge >= 0.3 is 5.97 Å². The summed E-state index contributed by atoms with van der Waals surface area (Å²) in [6.07, 6.45) is 5.97. The number of rotatable bonds is 6. The number of aliphatic hydroxyl groups is 1. The van der Waals surface area contributed by atoms with E-state index in [-0.39, 0.29) is 18.6 Å². The lowest BCUT2D eigenvalue weighted by molar-refractivity contribution is -0.137. The van der Waals surface area contributed by atoms with Gasteiger partial charge in [-0.2, -0.15) is 0 Å². The van der Waals surface area contributed by atoms with E-state index in [9.17, 15) is 9.90 Å². The van der Waals surface area contributed by atoms with Crippen molar-refractivity contribution in [3.63, 3.8) is 0 Å². The average molecular weight is 229 g/mol. The number of likely N-dealkylation sites (N-methyl/N-ethyl adjacent to an activating group) is 1. The Hall–Kier alpha value is -0.610. The van der Waals surface area contributed by atoms with Gasteiger partial charge in [0.15, 0.2) is 0 Å². The number of aliphatic hydroxyl groups excluding tert-OH is 1. The van der Waals surface area contributed by atoms with Crippen LogP contribution < -0.4 is 0 Å². The summed E-state index contributed by atoms with van der Waals surface area (Å²) in [6.45, 7) is 0.884. The van der Waals surface area contributed by atoms with Gasteiger partial charge in [0.05, 0.1) is 6.10 Å². The van der Waals surface area contributed by atoms with Gasteiger partial charge in [-0.15, -0.1) is 0 Å². The summed E-state index contributed by atoms with van der Waals surface area (Å²) in [5.41, 5.74) is 0. The van der Waals surface area contributed by atoms with Crippen LogP contribution in [0.3, 0.4) is 0 Å². The summed E-state index contributed by atoms with van der Waals surface area (Å²) in [4.78, 5) is 12.5. The maximum atomic E-state index is 10.3. The third-order valence-electron chi connectivity index (χ3n) is 3.41. The Bertz CT molecular complexity index is 220. The smallest absolute Gasteiger partial charge is 0.303 e.